The number of nitrogens with zero attached hydrogens (tertiary/aromatic N) is 2. The number of benzene rings is 3. The predicted octanol–water partition coefficient (Wildman–Crippen LogP) is 4.32. The average molecular weight is 496 g/mol. The molecule has 2 aliphatic rings. The van der Waals surface area contributed by atoms with E-state index in [0.29, 0.717) is 25.8 Å². The molecule has 0 saturated heterocycles. The first-order valence-electron chi connectivity index (χ1n) is 11.7. The number of rotatable bonds is 6. The number of hydrogen-bond acceptors (Lipinski definition) is 7. The number of ether oxygens (including phenoxy) is 4. The number of aromatic nitrogens is 2. The van der Waals surface area contributed by atoms with Gasteiger partial charge in [0.2, 0.25) is 0 Å². The molecule has 0 saturated carbocycles. The topological polar surface area (TPSA) is 83.8 Å². The Morgan fingerprint density at radius 3 is 2.78 bits per heavy atom. The van der Waals surface area contributed by atoms with Crippen molar-refractivity contribution in [2.45, 2.75) is 26.0 Å². The number of hydrogen-bond donors (Lipinski definition) is 1. The summed E-state index contributed by atoms with van der Waals surface area (Å²) in [5.41, 5.74) is 5.56. The predicted molar refractivity (Wildman–Crippen MR) is 138 cm³/mol. The Bertz CT molecular complexity index is 1440. The Labute approximate surface area is 230 Å². The van der Waals surface area contributed by atoms with Crippen molar-refractivity contribution in [3.8, 4) is 23.2 Å². The van der Waals surface area contributed by atoms with Gasteiger partial charge >= 0.3 is 41.5 Å². The van der Waals surface area contributed by atoms with Crippen LogP contribution in [0.4, 0.5) is 5.69 Å². The van der Waals surface area contributed by atoms with Crippen LogP contribution in [0.5, 0.6) is 17.5 Å². The molecule has 0 amide bonds. The molecule has 0 spiro atoms. The van der Waals surface area contributed by atoms with Gasteiger partial charge < -0.3 is 24.3 Å². The van der Waals surface area contributed by atoms with Crippen LogP contribution in [-0.2, 0) is 9.53 Å². The summed E-state index contributed by atoms with van der Waals surface area (Å²) in [5.74, 6) is 1.21. The molecule has 36 heavy (non-hydrogen) atoms. The maximum atomic E-state index is 11.3. The van der Waals surface area contributed by atoms with Crippen LogP contribution < -0.4 is 19.5 Å². The van der Waals surface area contributed by atoms with Crippen LogP contribution in [0, 0.1) is 0 Å². The summed E-state index contributed by atoms with van der Waals surface area (Å²) in [6.07, 6.45) is -0.362. The number of nitrogens with one attached hydrogen (secondary N) is 1. The first-order chi connectivity index (χ1) is 17.1. The first-order valence-corrected chi connectivity index (χ1v) is 11.7. The van der Waals surface area contributed by atoms with E-state index in [0.717, 1.165) is 45.0 Å². The summed E-state index contributed by atoms with van der Waals surface area (Å²) >= 11 is 0. The molecule has 0 fully saturated rings. The van der Waals surface area contributed by atoms with Crippen molar-refractivity contribution >= 4 is 52.2 Å². The van der Waals surface area contributed by atoms with Gasteiger partial charge in [-0.2, -0.15) is 4.98 Å². The molecule has 2 atom stereocenters. The van der Waals surface area contributed by atoms with Gasteiger partial charge in [-0.05, 0) is 37.3 Å². The molecular formula is C27H26N3NaO5. The van der Waals surface area contributed by atoms with Crippen LogP contribution >= 0.6 is 0 Å². The maximum absolute atomic E-state index is 11.3. The van der Waals surface area contributed by atoms with Gasteiger partial charge in [-0.3, -0.25) is 9.36 Å². The Hall–Kier alpha value is -3.20. The number of fused-ring (bicyclic) bond motifs is 3. The zero-order chi connectivity index (χ0) is 23.9. The zero-order valence-corrected chi connectivity index (χ0v) is 19.5. The van der Waals surface area contributed by atoms with E-state index in [1.165, 1.54) is 6.92 Å². The molecule has 3 heterocycles. The van der Waals surface area contributed by atoms with Crippen molar-refractivity contribution in [2.75, 3.05) is 25.1 Å². The van der Waals surface area contributed by atoms with Crippen LogP contribution in [0.15, 0.2) is 60.7 Å². The number of esters is 1. The van der Waals surface area contributed by atoms with Crippen molar-refractivity contribution < 1.29 is 23.7 Å². The van der Waals surface area contributed by atoms with Crippen LogP contribution in [-0.4, -0.2) is 64.9 Å². The normalized spacial score (nSPS) is 17.4. The molecule has 0 unspecified atom stereocenters. The number of carbonyl (C=O) groups is 1. The summed E-state index contributed by atoms with van der Waals surface area (Å²) in [7, 11) is 0. The van der Waals surface area contributed by atoms with Crippen LogP contribution in [0.2, 0.25) is 0 Å². The summed E-state index contributed by atoms with van der Waals surface area (Å²) in [5, 5.41) is 3.56. The second-order valence-electron chi connectivity index (χ2n) is 8.52. The van der Waals surface area contributed by atoms with E-state index in [4.69, 9.17) is 18.9 Å². The molecule has 0 bridgehead atoms. The fourth-order valence-corrected chi connectivity index (χ4v) is 4.76. The number of carbonyl (C=O) groups excluding carboxylic acids is 1. The Morgan fingerprint density at radius 2 is 1.94 bits per heavy atom. The van der Waals surface area contributed by atoms with E-state index in [9.17, 15) is 4.79 Å². The molecule has 4 aromatic rings. The molecule has 0 radical (unpaired) electrons. The summed E-state index contributed by atoms with van der Waals surface area (Å²) in [6.45, 7) is 4.69. The summed E-state index contributed by atoms with van der Waals surface area (Å²) in [4.78, 5) is 16.0. The van der Waals surface area contributed by atoms with Gasteiger partial charge in [0.1, 0.15) is 24.7 Å². The molecule has 1 N–H and O–H groups in total. The van der Waals surface area contributed by atoms with Gasteiger partial charge in [-0.1, -0.05) is 24.3 Å². The molecular weight excluding hydrogens is 469 g/mol. The number of anilines is 1. The molecule has 1 aromatic heterocycles. The summed E-state index contributed by atoms with van der Waals surface area (Å²) < 4.78 is 25.2. The van der Waals surface area contributed by atoms with E-state index in [1.807, 2.05) is 66.1 Å². The van der Waals surface area contributed by atoms with Gasteiger partial charge in [-0.25, -0.2) is 0 Å². The average Bonchev–Trinajstić information content (AvgIpc) is 3.54. The van der Waals surface area contributed by atoms with Crippen LogP contribution in [0.25, 0.3) is 16.7 Å². The Kier molecular flexibility index (Phi) is 6.83. The fraction of sp³-hybridized carbons (Fsp3) is 0.259. The van der Waals surface area contributed by atoms with Crippen molar-refractivity contribution in [1.82, 2.24) is 9.55 Å². The molecule has 8 nitrogen and oxygen atoms in total. The van der Waals surface area contributed by atoms with E-state index in [2.05, 4.69) is 16.4 Å². The second kappa shape index (κ2) is 10.0. The van der Waals surface area contributed by atoms with Crippen molar-refractivity contribution in [3.63, 3.8) is 0 Å². The third-order valence-electron chi connectivity index (χ3n) is 6.24. The minimum atomic E-state index is -0.362. The third kappa shape index (κ3) is 4.30. The van der Waals surface area contributed by atoms with E-state index in [-0.39, 0.29) is 47.7 Å². The van der Waals surface area contributed by atoms with Crippen LogP contribution in [0.3, 0.4) is 0 Å². The van der Waals surface area contributed by atoms with Gasteiger partial charge in [-0.15, -0.1) is 0 Å². The van der Waals surface area contributed by atoms with Crippen molar-refractivity contribution in [3.05, 3.63) is 71.8 Å². The van der Waals surface area contributed by atoms with E-state index < -0.39 is 0 Å². The monoisotopic (exact) mass is 495 g/mol. The summed E-state index contributed by atoms with van der Waals surface area (Å²) in [6, 6.07) is 20.4. The molecule has 0 aliphatic carbocycles. The van der Waals surface area contributed by atoms with Gasteiger partial charge in [0.15, 0.2) is 6.10 Å². The quantitative estimate of drug-likeness (QED) is 0.315. The second-order valence-corrected chi connectivity index (χ2v) is 8.52. The molecule has 3 aromatic carbocycles. The Morgan fingerprint density at radius 1 is 1.08 bits per heavy atom. The molecule has 9 heteroatoms. The third-order valence-corrected chi connectivity index (χ3v) is 6.24. The Balaban J connectivity index is 0.00000267. The number of imidazole rings is 1. The van der Waals surface area contributed by atoms with E-state index in [1.54, 1.807) is 0 Å². The van der Waals surface area contributed by atoms with Crippen molar-refractivity contribution in [2.24, 2.45) is 0 Å². The standard InChI is InChI=1S/C27H25N3O5.Na.H/c1-3-32-27-29-20-8-4-5-9-22(20)30(27)23-10-6-7-18-21(14-34-26(18)23)28-17-11-12-19-24(13-17)33-15-25(19)35-16(2)31;;/h4-13,21,25,28H,3,14-15H2,1-2H3;;/t21-,25-;;/m1../s1. The van der Waals surface area contributed by atoms with Crippen molar-refractivity contribution in [1.29, 1.82) is 0 Å². The zero-order valence-electron chi connectivity index (χ0n) is 19.5. The van der Waals surface area contributed by atoms with Crippen LogP contribution in [0.1, 0.15) is 37.1 Å². The first kappa shape index (κ1) is 24.5. The van der Waals surface area contributed by atoms with Gasteiger partial charge in [0, 0.05) is 29.8 Å². The minimum absolute atomic E-state index is 0. The van der Waals surface area contributed by atoms with Gasteiger partial charge in [0.25, 0.3) is 0 Å². The fourth-order valence-electron chi connectivity index (χ4n) is 4.76. The molecule has 6 rings (SSSR count). The van der Waals surface area contributed by atoms with E-state index >= 15 is 0 Å². The number of para-hydroxylation sites is 3. The molecule has 180 valence electrons. The van der Waals surface area contributed by atoms with Gasteiger partial charge in [0.05, 0.1) is 29.4 Å². The SMILES string of the molecule is CCOc1nc2ccccc2n1-c1cccc2c1OC[C@H]2Nc1ccc2c(c1)OC[C@H]2OC(C)=O.[NaH]. The molecule has 2 aliphatic heterocycles.